The molecule has 4 nitrogen and oxygen atoms in total. The normalized spacial score (nSPS) is 12.7. The molecule has 104 valence electrons. The van der Waals surface area contributed by atoms with Crippen LogP contribution in [0.5, 0.6) is 0 Å². The number of methoxy groups -OCH3 is 1. The lowest BCUT2D eigenvalue weighted by atomic mass is 10.2. The van der Waals surface area contributed by atoms with Gasteiger partial charge in [-0.05, 0) is 19.9 Å². The minimum atomic E-state index is 0.498. The molecule has 1 N–H and O–H groups in total. The van der Waals surface area contributed by atoms with Gasteiger partial charge in [-0.1, -0.05) is 13.8 Å². The number of hydrogen-bond donors (Lipinski definition) is 1. The number of hydrogen-bond acceptors (Lipinski definition) is 5. The third kappa shape index (κ3) is 4.55. The molecular formula is C13H25N3OS. The molecule has 18 heavy (non-hydrogen) atoms. The van der Waals surface area contributed by atoms with Gasteiger partial charge in [0.1, 0.15) is 0 Å². The molecule has 0 aliphatic heterocycles. The van der Waals surface area contributed by atoms with Crippen LogP contribution in [-0.2, 0) is 11.3 Å². The maximum absolute atomic E-state index is 5.18. The number of nitrogens with zero attached hydrogens (tertiary/aromatic N) is 2. The van der Waals surface area contributed by atoms with E-state index < -0.39 is 0 Å². The van der Waals surface area contributed by atoms with Crippen LogP contribution in [0.3, 0.4) is 0 Å². The van der Waals surface area contributed by atoms with E-state index in [2.05, 4.69) is 36.0 Å². The van der Waals surface area contributed by atoms with Gasteiger partial charge in [0, 0.05) is 37.3 Å². The molecule has 0 bridgehead atoms. The van der Waals surface area contributed by atoms with E-state index in [4.69, 9.17) is 4.74 Å². The van der Waals surface area contributed by atoms with Gasteiger partial charge in [0.25, 0.3) is 0 Å². The highest BCUT2D eigenvalue weighted by Gasteiger charge is 2.16. The lowest BCUT2D eigenvalue weighted by Gasteiger charge is -2.27. The summed E-state index contributed by atoms with van der Waals surface area (Å²) in [6.45, 7) is 10.1. The first-order chi connectivity index (χ1) is 8.72. The summed E-state index contributed by atoms with van der Waals surface area (Å²) in [6.07, 6.45) is 3.09. The smallest absolute Gasteiger partial charge is 0.185 e. The quantitative estimate of drug-likeness (QED) is 0.749. The summed E-state index contributed by atoms with van der Waals surface area (Å²) in [5, 5.41) is 4.44. The van der Waals surface area contributed by atoms with E-state index in [0.717, 1.165) is 37.8 Å². The van der Waals surface area contributed by atoms with E-state index in [1.54, 1.807) is 18.4 Å². The van der Waals surface area contributed by atoms with Crippen LogP contribution in [0.15, 0.2) is 6.20 Å². The number of thiazole rings is 1. The Labute approximate surface area is 114 Å². The Kier molecular flexibility index (Phi) is 7.23. The highest BCUT2D eigenvalue weighted by atomic mass is 32.1. The monoisotopic (exact) mass is 271 g/mol. The Balaban J connectivity index is 2.68. The van der Waals surface area contributed by atoms with Gasteiger partial charge in [-0.25, -0.2) is 4.98 Å². The molecule has 0 saturated heterocycles. The van der Waals surface area contributed by atoms with E-state index in [9.17, 15) is 0 Å². The van der Waals surface area contributed by atoms with E-state index in [-0.39, 0.29) is 0 Å². The van der Waals surface area contributed by atoms with Crippen molar-refractivity contribution in [2.75, 3.05) is 31.7 Å². The molecule has 0 amide bonds. The largest absolute Gasteiger partial charge is 0.383 e. The lowest BCUT2D eigenvalue weighted by Crippen LogP contribution is -2.35. The number of rotatable bonds is 9. The minimum Gasteiger partial charge on any atom is -0.383 e. The van der Waals surface area contributed by atoms with Gasteiger partial charge in [0.2, 0.25) is 0 Å². The summed E-state index contributed by atoms with van der Waals surface area (Å²) in [7, 11) is 1.74. The van der Waals surface area contributed by atoms with Crippen molar-refractivity contribution < 1.29 is 4.74 Å². The Morgan fingerprint density at radius 3 is 2.89 bits per heavy atom. The predicted molar refractivity (Wildman–Crippen MR) is 78.5 cm³/mol. The topological polar surface area (TPSA) is 37.4 Å². The zero-order chi connectivity index (χ0) is 13.4. The molecule has 5 heteroatoms. The number of anilines is 1. The fourth-order valence-electron chi connectivity index (χ4n) is 1.67. The molecule has 0 saturated carbocycles. The van der Waals surface area contributed by atoms with Crippen molar-refractivity contribution in [1.29, 1.82) is 0 Å². The van der Waals surface area contributed by atoms with Crippen molar-refractivity contribution in [1.82, 2.24) is 10.3 Å². The molecule has 0 aromatic carbocycles. The van der Waals surface area contributed by atoms with Gasteiger partial charge in [-0.15, -0.1) is 11.3 Å². The molecule has 1 rings (SSSR count). The zero-order valence-corrected chi connectivity index (χ0v) is 12.7. The molecule has 0 aliphatic rings. The van der Waals surface area contributed by atoms with Crippen LogP contribution in [0.4, 0.5) is 5.13 Å². The Morgan fingerprint density at radius 1 is 1.50 bits per heavy atom. The van der Waals surface area contributed by atoms with Crippen LogP contribution in [0, 0.1) is 0 Å². The number of nitrogens with one attached hydrogen (secondary N) is 1. The summed E-state index contributed by atoms with van der Waals surface area (Å²) < 4.78 is 5.18. The van der Waals surface area contributed by atoms with E-state index in [0.29, 0.717) is 6.04 Å². The van der Waals surface area contributed by atoms with Gasteiger partial charge in [-0.3, -0.25) is 0 Å². The van der Waals surface area contributed by atoms with Crippen molar-refractivity contribution in [3.63, 3.8) is 0 Å². The highest BCUT2D eigenvalue weighted by molar-refractivity contribution is 7.15. The van der Waals surface area contributed by atoms with E-state index >= 15 is 0 Å². The first-order valence-corrected chi connectivity index (χ1v) is 7.45. The fraction of sp³-hybridized carbons (Fsp3) is 0.769. The van der Waals surface area contributed by atoms with Crippen LogP contribution in [0.25, 0.3) is 0 Å². The molecule has 0 radical (unpaired) electrons. The van der Waals surface area contributed by atoms with Gasteiger partial charge >= 0.3 is 0 Å². The second-order valence-electron chi connectivity index (χ2n) is 4.33. The average molecular weight is 271 g/mol. The van der Waals surface area contributed by atoms with Crippen LogP contribution in [-0.4, -0.2) is 37.8 Å². The molecule has 1 aromatic heterocycles. The SMILES string of the molecule is CCNCc1cnc(N(CCOC)C(C)CC)s1. The summed E-state index contributed by atoms with van der Waals surface area (Å²) in [5.74, 6) is 0. The molecule has 0 fully saturated rings. The van der Waals surface area contributed by atoms with Crippen LogP contribution in [0.2, 0.25) is 0 Å². The van der Waals surface area contributed by atoms with Crippen LogP contribution in [0.1, 0.15) is 32.1 Å². The first kappa shape index (κ1) is 15.4. The first-order valence-electron chi connectivity index (χ1n) is 6.63. The summed E-state index contributed by atoms with van der Waals surface area (Å²) in [6, 6.07) is 0.498. The molecule has 0 aliphatic carbocycles. The van der Waals surface area contributed by atoms with E-state index in [1.165, 1.54) is 4.88 Å². The van der Waals surface area contributed by atoms with Crippen LogP contribution >= 0.6 is 11.3 Å². The number of ether oxygens (including phenoxy) is 1. The van der Waals surface area contributed by atoms with Crippen LogP contribution < -0.4 is 10.2 Å². The Bertz CT molecular complexity index is 330. The van der Waals surface area contributed by atoms with Crippen molar-refractivity contribution >= 4 is 16.5 Å². The van der Waals surface area contributed by atoms with Crippen molar-refractivity contribution in [2.24, 2.45) is 0 Å². The standard InChI is InChI=1S/C13H25N3OS/c1-5-11(3)16(7-8-17-4)13-15-10-12(18-13)9-14-6-2/h10-11,14H,5-9H2,1-4H3. The maximum Gasteiger partial charge on any atom is 0.185 e. The fourth-order valence-corrected chi connectivity index (χ4v) is 2.68. The van der Waals surface area contributed by atoms with Gasteiger partial charge in [-0.2, -0.15) is 0 Å². The minimum absolute atomic E-state index is 0.498. The molecule has 0 spiro atoms. The second kappa shape index (κ2) is 8.45. The van der Waals surface area contributed by atoms with Crippen molar-refractivity contribution in [3.05, 3.63) is 11.1 Å². The van der Waals surface area contributed by atoms with Crippen molar-refractivity contribution in [3.8, 4) is 0 Å². The lowest BCUT2D eigenvalue weighted by molar-refractivity contribution is 0.203. The molecular weight excluding hydrogens is 246 g/mol. The zero-order valence-electron chi connectivity index (χ0n) is 11.9. The Morgan fingerprint density at radius 2 is 2.28 bits per heavy atom. The number of aromatic nitrogens is 1. The third-order valence-corrected chi connectivity index (χ3v) is 4.03. The van der Waals surface area contributed by atoms with Gasteiger partial charge < -0.3 is 15.0 Å². The maximum atomic E-state index is 5.18. The van der Waals surface area contributed by atoms with E-state index in [1.807, 2.05) is 6.20 Å². The average Bonchev–Trinajstić information content (AvgIpc) is 2.85. The van der Waals surface area contributed by atoms with Gasteiger partial charge in [0.15, 0.2) is 5.13 Å². The summed E-state index contributed by atoms with van der Waals surface area (Å²) in [5.41, 5.74) is 0. The molecule has 1 unspecified atom stereocenters. The summed E-state index contributed by atoms with van der Waals surface area (Å²) in [4.78, 5) is 8.17. The molecule has 1 atom stereocenters. The summed E-state index contributed by atoms with van der Waals surface area (Å²) >= 11 is 1.77. The van der Waals surface area contributed by atoms with Gasteiger partial charge in [0.05, 0.1) is 6.61 Å². The Hall–Kier alpha value is -0.650. The predicted octanol–water partition coefficient (Wildman–Crippen LogP) is 2.50. The molecule has 1 aromatic rings. The molecule has 1 heterocycles. The van der Waals surface area contributed by atoms with Crippen molar-refractivity contribution in [2.45, 2.75) is 39.8 Å². The second-order valence-corrected chi connectivity index (χ2v) is 5.43. The third-order valence-electron chi connectivity index (χ3n) is 3.00. The highest BCUT2D eigenvalue weighted by Crippen LogP contribution is 2.24.